The van der Waals surface area contributed by atoms with E-state index in [9.17, 15) is 13.2 Å². The Hall–Kier alpha value is -0.940. The number of hydrogen-bond donors (Lipinski definition) is 1. The standard InChI is InChI=1S/C13H16ClF3N2/c14-12-4-3-11(18)6-9(12)7-19-5-1-2-10(8-19)13(15,16)17/h3-4,6,10H,1-2,5,7-8,18H2. The first-order valence-electron chi connectivity index (χ1n) is 6.19. The largest absolute Gasteiger partial charge is 0.399 e. The van der Waals surface area contributed by atoms with Gasteiger partial charge in [0.15, 0.2) is 0 Å². The number of benzene rings is 1. The second-order valence-corrected chi connectivity index (χ2v) is 5.37. The SMILES string of the molecule is Nc1ccc(Cl)c(CN2CCCC(C(F)(F)F)C2)c1. The van der Waals surface area contributed by atoms with E-state index in [0.29, 0.717) is 30.2 Å². The Bertz CT molecular complexity index is 448. The lowest BCUT2D eigenvalue weighted by Crippen LogP contribution is -2.41. The molecule has 1 atom stereocenters. The maximum Gasteiger partial charge on any atom is 0.393 e. The number of rotatable bonds is 2. The number of nitrogens with two attached hydrogens (primary N) is 1. The third-order valence-corrected chi connectivity index (χ3v) is 3.80. The van der Waals surface area contributed by atoms with E-state index in [1.165, 1.54) is 0 Å². The zero-order chi connectivity index (χ0) is 14.0. The van der Waals surface area contributed by atoms with Crippen molar-refractivity contribution in [1.82, 2.24) is 4.90 Å². The van der Waals surface area contributed by atoms with Crippen molar-refractivity contribution in [2.24, 2.45) is 5.92 Å². The monoisotopic (exact) mass is 292 g/mol. The predicted molar refractivity (Wildman–Crippen MR) is 69.9 cm³/mol. The molecule has 0 spiro atoms. The van der Waals surface area contributed by atoms with Gasteiger partial charge in [-0.1, -0.05) is 11.6 Å². The minimum atomic E-state index is -4.11. The molecule has 0 saturated carbocycles. The second-order valence-electron chi connectivity index (χ2n) is 4.97. The summed E-state index contributed by atoms with van der Waals surface area (Å²) in [6.45, 7) is 1.11. The number of hydrogen-bond acceptors (Lipinski definition) is 2. The van der Waals surface area contributed by atoms with Gasteiger partial charge in [-0.25, -0.2) is 0 Å². The number of piperidine rings is 1. The van der Waals surface area contributed by atoms with Crippen LogP contribution in [0, 0.1) is 5.92 Å². The molecule has 106 valence electrons. The highest BCUT2D eigenvalue weighted by Crippen LogP contribution is 2.34. The Morgan fingerprint density at radius 2 is 2.11 bits per heavy atom. The molecule has 0 bridgehead atoms. The summed E-state index contributed by atoms with van der Waals surface area (Å²) in [7, 11) is 0. The molecule has 0 aromatic heterocycles. The van der Waals surface area contributed by atoms with Crippen LogP contribution in [0.3, 0.4) is 0 Å². The summed E-state index contributed by atoms with van der Waals surface area (Å²) < 4.78 is 38.2. The van der Waals surface area contributed by atoms with Crippen LogP contribution in [-0.2, 0) is 6.54 Å². The molecule has 1 unspecified atom stereocenters. The van der Waals surface area contributed by atoms with Crippen molar-refractivity contribution in [2.75, 3.05) is 18.8 Å². The highest BCUT2D eigenvalue weighted by atomic mass is 35.5. The summed E-state index contributed by atoms with van der Waals surface area (Å²) in [4.78, 5) is 1.79. The zero-order valence-corrected chi connectivity index (χ0v) is 11.1. The number of likely N-dealkylation sites (tertiary alicyclic amines) is 1. The quantitative estimate of drug-likeness (QED) is 0.842. The highest BCUT2D eigenvalue weighted by Gasteiger charge is 2.41. The Morgan fingerprint density at radius 3 is 2.79 bits per heavy atom. The molecular formula is C13H16ClF3N2. The first-order chi connectivity index (χ1) is 8.86. The molecule has 2 nitrogen and oxygen atoms in total. The maximum absolute atomic E-state index is 12.7. The van der Waals surface area contributed by atoms with Crippen LogP contribution in [0.25, 0.3) is 0 Å². The van der Waals surface area contributed by atoms with Gasteiger partial charge in [0.1, 0.15) is 0 Å². The molecule has 1 fully saturated rings. The van der Waals surface area contributed by atoms with E-state index in [2.05, 4.69) is 0 Å². The van der Waals surface area contributed by atoms with Crippen molar-refractivity contribution in [1.29, 1.82) is 0 Å². The number of nitrogens with zero attached hydrogens (tertiary/aromatic N) is 1. The van der Waals surface area contributed by atoms with Gasteiger partial charge >= 0.3 is 6.18 Å². The molecular weight excluding hydrogens is 277 g/mol. The van der Waals surface area contributed by atoms with E-state index >= 15 is 0 Å². The van der Waals surface area contributed by atoms with E-state index in [-0.39, 0.29) is 13.0 Å². The Kier molecular flexibility index (Phi) is 4.26. The lowest BCUT2D eigenvalue weighted by Gasteiger charge is -2.33. The first kappa shape index (κ1) is 14.5. The van der Waals surface area contributed by atoms with Crippen LogP contribution in [0.15, 0.2) is 18.2 Å². The van der Waals surface area contributed by atoms with Crippen molar-refractivity contribution in [3.05, 3.63) is 28.8 Å². The third kappa shape index (κ3) is 3.76. The Balaban J connectivity index is 2.05. The smallest absolute Gasteiger partial charge is 0.393 e. The van der Waals surface area contributed by atoms with Crippen LogP contribution < -0.4 is 5.73 Å². The number of halogens is 4. The van der Waals surface area contributed by atoms with Gasteiger partial charge in [0.2, 0.25) is 0 Å². The molecule has 6 heteroatoms. The fourth-order valence-corrected chi connectivity index (χ4v) is 2.60. The van der Waals surface area contributed by atoms with Gasteiger partial charge in [0.25, 0.3) is 0 Å². The number of nitrogen functional groups attached to an aromatic ring is 1. The van der Waals surface area contributed by atoms with Crippen LogP contribution in [0.5, 0.6) is 0 Å². The van der Waals surface area contributed by atoms with Crippen molar-refractivity contribution in [2.45, 2.75) is 25.6 Å². The molecule has 19 heavy (non-hydrogen) atoms. The van der Waals surface area contributed by atoms with Gasteiger partial charge in [-0.3, -0.25) is 4.90 Å². The molecule has 1 aromatic carbocycles. The molecule has 1 saturated heterocycles. The molecule has 0 aliphatic carbocycles. The van der Waals surface area contributed by atoms with Crippen molar-refractivity contribution in [3.8, 4) is 0 Å². The van der Waals surface area contributed by atoms with Crippen LogP contribution in [0.1, 0.15) is 18.4 Å². The van der Waals surface area contributed by atoms with Crippen molar-refractivity contribution < 1.29 is 13.2 Å². The average Bonchev–Trinajstić information content (AvgIpc) is 2.33. The van der Waals surface area contributed by atoms with Crippen LogP contribution in [0.4, 0.5) is 18.9 Å². The number of anilines is 1. The Morgan fingerprint density at radius 1 is 1.37 bits per heavy atom. The molecule has 2 N–H and O–H groups in total. The maximum atomic E-state index is 12.7. The molecule has 1 aliphatic heterocycles. The van der Waals surface area contributed by atoms with Gasteiger partial charge in [0.05, 0.1) is 5.92 Å². The minimum Gasteiger partial charge on any atom is -0.399 e. The van der Waals surface area contributed by atoms with E-state index < -0.39 is 12.1 Å². The number of alkyl halides is 3. The van der Waals surface area contributed by atoms with Gasteiger partial charge in [0, 0.05) is 23.8 Å². The fourth-order valence-electron chi connectivity index (χ4n) is 2.42. The van der Waals surface area contributed by atoms with E-state index in [4.69, 9.17) is 17.3 Å². The van der Waals surface area contributed by atoms with Crippen molar-refractivity contribution >= 4 is 17.3 Å². The van der Waals surface area contributed by atoms with Gasteiger partial charge in [-0.05, 0) is 43.1 Å². The fraction of sp³-hybridized carbons (Fsp3) is 0.538. The topological polar surface area (TPSA) is 29.3 Å². The van der Waals surface area contributed by atoms with Gasteiger partial charge < -0.3 is 5.73 Å². The summed E-state index contributed by atoms with van der Waals surface area (Å²) in [6, 6.07) is 5.08. The lowest BCUT2D eigenvalue weighted by molar-refractivity contribution is -0.187. The molecule has 1 heterocycles. The molecule has 2 rings (SSSR count). The van der Waals surface area contributed by atoms with Crippen molar-refractivity contribution in [3.63, 3.8) is 0 Å². The molecule has 1 aliphatic rings. The van der Waals surface area contributed by atoms with Crippen LogP contribution >= 0.6 is 11.6 Å². The Labute approximate surface area is 115 Å². The molecule has 1 aromatic rings. The van der Waals surface area contributed by atoms with E-state index in [1.807, 2.05) is 0 Å². The average molecular weight is 293 g/mol. The summed E-state index contributed by atoms with van der Waals surface area (Å²) in [5.41, 5.74) is 7.03. The summed E-state index contributed by atoms with van der Waals surface area (Å²) in [5, 5.41) is 0.545. The summed E-state index contributed by atoms with van der Waals surface area (Å²) in [5.74, 6) is -1.24. The summed E-state index contributed by atoms with van der Waals surface area (Å²) >= 11 is 6.04. The normalized spacial score (nSPS) is 21.6. The molecule has 0 amide bonds. The third-order valence-electron chi connectivity index (χ3n) is 3.43. The highest BCUT2D eigenvalue weighted by molar-refractivity contribution is 6.31. The van der Waals surface area contributed by atoms with Crippen LogP contribution in [0.2, 0.25) is 5.02 Å². The van der Waals surface area contributed by atoms with Crippen LogP contribution in [-0.4, -0.2) is 24.2 Å². The summed E-state index contributed by atoms with van der Waals surface area (Å²) in [6.07, 6.45) is -3.34. The van der Waals surface area contributed by atoms with Gasteiger partial charge in [-0.15, -0.1) is 0 Å². The first-order valence-corrected chi connectivity index (χ1v) is 6.57. The zero-order valence-electron chi connectivity index (χ0n) is 10.4. The van der Waals surface area contributed by atoms with Gasteiger partial charge in [-0.2, -0.15) is 13.2 Å². The minimum absolute atomic E-state index is 0.0363. The van der Waals surface area contributed by atoms with E-state index in [1.54, 1.807) is 23.1 Å². The second kappa shape index (κ2) is 5.59. The van der Waals surface area contributed by atoms with E-state index in [0.717, 1.165) is 5.56 Å². The predicted octanol–water partition coefficient (Wildman–Crippen LogP) is 3.70. The lowest BCUT2D eigenvalue weighted by atomic mass is 9.97. The molecule has 0 radical (unpaired) electrons.